The van der Waals surface area contributed by atoms with Crippen molar-refractivity contribution >= 4 is 22.1 Å². The van der Waals surface area contributed by atoms with Crippen molar-refractivity contribution in [1.29, 1.82) is 0 Å². The number of benzene rings is 1. The van der Waals surface area contributed by atoms with E-state index in [2.05, 4.69) is 62.3 Å². The topological polar surface area (TPSA) is 47.9 Å². The van der Waals surface area contributed by atoms with Crippen molar-refractivity contribution in [2.45, 2.75) is 128 Å². The van der Waals surface area contributed by atoms with Gasteiger partial charge in [0.1, 0.15) is 26.5 Å². The van der Waals surface area contributed by atoms with Crippen molar-refractivity contribution in [3.05, 3.63) is 18.2 Å². The van der Waals surface area contributed by atoms with Crippen LogP contribution in [0, 0.1) is 0 Å². The summed E-state index contributed by atoms with van der Waals surface area (Å²) >= 11 is 0. The number of rotatable bonds is 14. The highest BCUT2D eigenvalue weighted by Crippen LogP contribution is 2.83. The third-order valence-electron chi connectivity index (χ3n) is 6.89. The summed E-state index contributed by atoms with van der Waals surface area (Å²) < 4.78 is 17.0. The van der Waals surface area contributed by atoms with Crippen LogP contribution in [0.25, 0.3) is 0 Å². The van der Waals surface area contributed by atoms with Gasteiger partial charge < -0.3 is 36.3 Å². The lowest BCUT2D eigenvalue weighted by molar-refractivity contribution is -0.0441. The van der Waals surface area contributed by atoms with E-state index in [0.717, 1.165) is 28.3 Å². The van der Waals surface area contributed by atoms with Gasteiger partial charge in [0.05, 0.1) is 29.3 Å². The fourth-order valence-corrected chi connectivity index (χ4v) is 16.6. The highest BCUT2D eigenvalue weighted by molar-refractivity contribution is 7.87. The predicted octanol–water partition coefficient (Wildman–Crippen LogP) is 4.85. The second-order valence-corrected chi connectivity index (χ2v) is 19.8. The zero-order valence-corrected chi connectivity index (χ0v) is 28.4. The third-order valence-corrected chi connectivity index (χ3v) is 15.4. The van der Waals surface area contributed by atoms with E-state index < -0.39 is 7.26 Å². The number of phenolic OH excluding ortho intramolecular Hbond substituents is 1. The molecule has 0 aliphatic heterocycles. The van der Waals surface area contributed by atoms with E-state index in [4.69, 9.17) is 14.2 Å². The number of halogens is 1. The van der Waals surface area contributed by atoms with Crippen molar-refractivity contribution < 1.29 is 36.3 Å². The van der Waals surface area contributed by atoms with Gasteiger partial charge in [-0.2, -0.15) is 0 Å². The second-order valence-electron chi connectivity index (χ2n) is 12.6. The molecule has 0 bridgehead atoms. The number of hydrogen-bond acceptors (Lipinski definition) is 4. The Morgan fingerprint density at radius 2 is 1.25 bits per heavy atom. The molecule has 0 amide bonds. The van der Waals surface area contributed by atoms with Gasteiger partial charge in [-0.05, 0) is 80.9 Å². The zero-order valence-electron chi connectivity index (χ0n) is 25.0. The van der Waals surface area contributed by atoms with Crippen LogP contribution in [-0.2, 0) is 9.47 Å². The summed E-state index contributed by atoms with van der Waals surface area (Å²) in [7, 11) is 2.28. The van der Waals surface area contributed by atoms with Gasteiger partial charge >= 0.3 is 0 Å². The van der Waals surface area contributed by atoms with Gasteiger partial charge in [-0.1, -0.05) is 38.1 Å². The Hall–Kier alpha value is -0.133. The fraction of sp³-hybridized carbons (Fsp3) is 0.793. The van der Waals surface area contributed by atoms with Crippen LogP contribution in [0.3, 0.4) is 0 Å². The molecular weight excluding hydrogens is 551 g/mol. The first-order valence-corrected chi connectivity index (χ1v) is 16.4. The lowest BCUT2D eigenvalue weighted by Gasteiger charge is -2.54. The lowest BCUT2D eigenvalue weighted by Crippen LogP contribution is -3.00. The first-order valence-electron chi connectivity index (χ1n) is 13.3. The molecule has 0 spiro atoms. The molecule has 36 heavy (non-hydrogen) atoms. The maximum atomic E-state index is 10.5. The Labute approximate surface area is 236 Å². The monoisotopic (exact) mass is 604 g/mol. The molecule has 1 N–H and O–H groups in total. The van der Waals surface area contributed by atoms with E-state index in [1.54, 1.807) is 20.3 Å². The van der Waals surface area contributed by atoms with Gasteiger partial charge in [0.15, 0.2) is 5.75 Å². The normalized spacial score (nSPS) is 13.1. The van der Waals surface area contributed by atoms with Crippen molar-refractivity contribution in [3.8, 4) is 11.5 Å². The van der Waals surface area contributed by atoms with Crippen molar-refractivity contribution in [2.75, 3.05) is 20.8 Å². The van der Waals surface area contributed by atoms with E-state index in [9.17, 15) is 5.11 Å². The maximum Gasteiger partial charge on any atom is 0.161 e. The molecule has 0 unspecified atom stereocenters. The van der Waals surface area contributed by atoms with Gasteiger partial charge in [-0.3, -0.25) is 0 Å². The standard InChI is InChI=1S/C29H53O4PSi.BrH/c1-27(2,3)34(28(4,5)6,29(7,8)9)25-22-23(30)18-19-24(25)33-20-16-14-12-13-15-17-21-35-26(31-10)32-11;/h18-19,22,26H,12-17,20-21H2,1-11H3;1H. The molecule has 1 rings (SSSR count). The number of methoxy groups -OCH3 is 2. The third kappa shape index (κ3) is 9.26. The summed E-state index contributed by atoms with van der Waals surface area (Å²) in [4.78, 5) is 0. The summed E-state index contributed by atoms with van der Waals surface area (Å²) in [6.45, 7) is 22.1. The smallest absolute Gasteiger partial charge is 0.161 e. The van der Waals surface area contributed by atoms with Gasteiger partial charge in [0.2, 0.25) is 0 Å². The van der Waals surface area contributed by atoms with E-state index in [1.165, 1.54) is 43.5 Å². The molecule has 4 nitrogen and oxygen atoms in total. The second kappa shape index (κ2) is 15.5. The molecule has 210 valence electrons. The molecule has 0 saturated heterocycles. The quantitative estimate of drug-likeness (QED) is 0.143. The van der Waals surface area contributed by atoms with Crippen LogP contribution in [0.2, 0.25) is 6.04 Å². The fourth-order valence-electron chi connectivity index (χ4n) is 6.59. The Balaban J connectivity index is 0.0000122. The highest BCUT2D eigenvalue weighted by atomic mass is 79.9. The number of aromatic hydroxyl groups is 1. The Bertz CT molecular complexity index is 713. The maximum absolute atomic E-state index is 10.5. The molecule has 0 fully saturated rings. The SMILES string of the molecule is COC(OC)[Si]CCCCCCCCOc1ccc(O)cc1[P+](C(C)(C)C)(C(C)(C)C)C(C)(C)C.[Br-]. The summed E-state index contributed by atoms with van der Waals surface area (Å²) in [5, 5.41) is 11.9. The highest BCUT2D eigenvalue weighted by Gasteiger charge is 2.67. The van der Waals surface area contributed by atoms with Gasteiger partial charge in [-0.15, -0.1) is 0 Å². The molecular formula is C29H54BrO4PSi. The van der Waals surface area contributed by atoms with Crippen LogP contribution < -0.4 is 27.0 Å². The minimum Gasteiger partial charge on any atom is -1.00 e. The average molecular weight is 606 g/mol. The largest absolute Gasteiger partial charge is 1.00 e. The summed E-state index contributed by atoms with van der Waals surface area (Å²) in [6, 6.07) is 6.96. The van der Waals surface area contributed by atoms with Crippen LogP contribution in [0.1, 0.15) is 101 Å². The van der Waals surface area contributed by atoms with Gasteiger partial charge in [0.25, 0.3) is 0 Å². The summed E-state index contributed by atoms with van der Waals surface area (Å²) in [5.41, 5.74) is 0. The molecule has 1 aromatic carbocycles. The van der Waals surface area contributed by atoms with E-state index >= 15 is 0 Å². The molecule has 0 aromatic heterocycles. The van der Waals surface area contributed by atoms with Crippen molar-refractivity contribution in [3.63, 3.8) is 0 Å². The van der Waals surface area contributed by atoms with Gasteiger partial charge in [0, 0.05) is 20.3 Å². The van der Waals surface area contributed by atoms with Crippen LogP contribution in [0.15, 0.2) is 18.2 Å². The molecule has 0 atom stereocenters. The van der Waals surface area contributed by atoms with Gasteiger partial charge in [-0.25, -0.2) is 0 Å². The molecule has 0 aliphatic carbocycles. The molecule has 7 heteroatoms. The number of hydrogen-bond donors (Lipinski definition) is 1. The first kappa shape index (κ1) is 35.9. The van der Waals surface area contributed by atoms with E-state index in [1.807, 2.05) is 12.1 Å². The van der Waals surface area contributed by atoms with Crippen molar-refractivity contribution in [1.82, 2.24) is 0 Å². The molecule has 0 saturated carbocycles. The van der Waals surface area contributed by atoms with Crippen LogP contribution in [0.4, 0.5) is 0 Å². The molecule has 0 aliphatic rings. The average Bonchev–Trinajstić information content (AvgIpc) is 2.70. The number of unbranched alkanes of at least 4 members (excludes halogenated alkanes) is 5. The van der Waals surface area contributed by atoms with Crippen LogP contribution in [0.5, 0.6) is 11.5 Å². The van der Waals surface area contributed by atoms with Crippen LogP contribution >= 0.6 is 7.26 Å². The Kier molecular flexibility index (Phi) is 15.4. The minimum atomic E-state index is -1.86. The van der Waals surface area contributed by atoms with E-state index in [-0.39, 0.29) is 38.4 Å². The van der Waals surface area contributed by atoms with Crippen molar-refractivity contribution in [2.24, 2.45) is 0 Å². The first-order chi connectivity index (χ1) is 16.1. The van der Waals surface area contributed by atoms with E-state index in [0.29, 0.717) is 5.75 Å². The minimum absolute atomic E-state index is 0. The molecule has 2 radical (unpaired) electrons. The Morgan fingerprint density at radius 3 is 1.72 bits per heavy atom. The zero-order chi connectivity index (χ0) is 26.9. The summed E-state index contributed by atoms with van der Waals surface area (Å²) in [6.07, 6.45) is 7.28. The van der Waals surface area contributed by atoms with Crippen LogP contribution in [-0.4, -0.2) is 56.8 Å². The predicted molar refractivity (Wildman–Crippen MR) is 155 cm³/mol. The Morgan fingerprint density at radius 1 is 0.778 bits per heavy atom. The summed E-state index contributed by atoms with van der Waals surface area (Å²) in [5.74, 6) is 1.26. The number of ether oxygens (including phenoxy) is 3. The molecule has 0 heterocycles. The lowest BCUT2D eigenvalue weighted by atomic mass is 10.1. The number of phenols is 1. The molecule has 1 aromatic rings.